The van der Waals surface area contributed by atoms with Crippen LogP contribution in [0.2, 0.25) is 0 Å². The topological polar surface area (TPSA) is 57.9 Å². The number of hydrogen-bond acceptors (Lipinski definition) is 3. The lowest BCUT2D eigenvalue weighted by Crippen LogP contribution is -2.41. The minimum atomic E-state index is 0.519. The average molecular weight is 307 g/mol. The molecular weight excluding hydrogens is 292 g/mol. The van der Waals surface area contributed by atoms with Gasteiger partial charge in [-0.15, -0.1) is 0 Å². The second-order valence-corrected chi connectivity index (χ2v) is 5.72. The highest BCUT2D eigenvalue weighted by Gasteiger charge is 2.26. The fourth-order valence-electron chi connectivity index (χ4n) is 2.41. The molecule has 1 aliphatic rings. The van der Waals surface area contributed by atoms with Gasteiger partial charge in [-0.25, -0.2) is 0 Å². The van der Waals surface area contributed by atoms with Gasteiger partial charge in [0.1, 0.15) is 5.82 Å². The molecule has 4 nitrogen and oxygen atoms in total. The molecule has 3 N–H and O–H groups in total. The summed E-state index contributed by atoms with van der Waals surface area (Å²) in [6, 6.07) is 8.28. The number of anilines is 1. The number of hydrogen-bond donors (Lipinski definition) is 2. The van der Waals surface area contributed by atoms with Gasteiger partial charge in [0.25, 0.3) is 0 Å². The van der Waals surface area contributed by atoms with Crippen LogP contribution in [0.25, 0.3) is 11.3 Å². The first-order valence-electron chi connectivity index (χ1n) is 5.93. The molecule has 18 heavy (non-hydrogen) atoms. The van der Waals surface area contributed by atoms with E-state index in [1.54, 1.807) is 0 Å². The van der Waals surface area contributed by atoms with Gasteiger partial charge in [-0.1, -0.05) is 28.1 Å². The third kappa shape index (κ3) is 2.04. The molecule has 0 bridgehead atoms. The number of nitrogens with one attached hydrogen (secondary N) is 1. The lowest BCUT2D eigenvalue weighted by atomic mass is 9.91. The first kappa shape index (κ1) is 11.7. The van der Waals surface area contributed by atoms with Crippen LogP contribution in [0.5, 0.6) is 0 Å². The van der Waals surface area contributed by atoms with Crippen molar-refractivity contribution < 1.29 is 0 Å². The molecule has 2 aromatic rings. The Bertz CT molecular complexity index is 572. The fraction of sp³-hybridized carbons (Fsp3) is 0.308. The Hall–Kier alpha value is -1.33. The van der Waals surface area contributed by atoms with E-state index in [1.165, 1.54) is 5.56 Å². The molecule has 1 saturated heterocycles. The van der Waals surface area contributed by atoms with Crippen molar-refractivity contribution in [1.82, 2.24) is 15.1 Å². The molecule has 0 aliphatic carbocycles. The van der Waals surface area contributed by atoms with Crippen molar-refractivity contribution >= 4 is 21.7 Å². The Morgan fingerprint density at radius 1 is 1.39 bits per heavy atom. The van der Waals surface area contributed by atoms with E-state index < -0.39 is 0 Å². The summed E-state index contributed by atoms with van der Waals surface area (Å²) < 4.78 is 1.16. The first-order chi connectivity index (χ1) is 8.63. The molecule has 0 spiro atoms. The van der Waals surface area contributed by atoms with E-state index in [0.717, 1.165) is 28.8 Å². The minimum absolute atomic E-state index is 0.519. The molecule has 1 fully saturated rings. The Labute approximate surface area is 114 Å². The van der Waals surface area contributed by atoms with E-state index >= 15 is 0 Å². The summed E-state index contributed by atoms with van der Waals surface area (Å²) in [4.78, 5) is 2.32. The fourth-order valence-corrected chi connectivity index (χ4v) is 3.11. The Kier molecular flexibility index (Phi) is 2.87. The predicted molar refractivity (Wildman–Crippen MR) is 76.4 cm³/mol. The zero-order valence-corrected chi connectivity index (χ0v) is 11.7. The number of aromatic nitrogens is 2. The minimum Gasteiger partial charge on any atom is -0.382 e. The number of nitrogen functional groups attached to an aromatic ring is 1. The highest BCUT2D eigenvalue weighted by molar-refractivity contribution is 9.10. The van der Waals surface area contributed by atoms with Gasteiger partial charge in [-0.05, 0) is 18.7 Å². The van der Waals surface area contributed by atoms with Crippen molar-refractivity contribution in [3.63, 3.8) is 0 Å². The molecule has 1 aliphatic heterocycles. The van der Waals surface area contributed by atoms with E-state index in [0.29, 0.717) is 11.7 Å². The number of benzene rings is 1. The van der Waals surface area contributed by atoms with Crippen molar-refractivity contribution in [1.29, 1.82) is 0 Å². The summed E-state index contributed by atoms with van der Waals surface area (Å²) in [6.07, 6.45) is 0. The normalized spacial score (nSPS) is 16.8. The lowest BCUT2D eigenvalue weighted by Gasteiger charge is -2.37. The van der Waals surface area contributed by atoms with E-state index in [4.69, 9.17) is 5.73 Å². The number of nitrogens with two attached hydrogens (primary N) is 1. The van der Waals surface area contributed by atoms with Crippen molar-refractivity contribution in [3.8, 4) is 11.3 Å². The SMILES string of the molecule is CN1CC(c2ccc(-c3cc(N)n[nH]3)cc2Br)C1. The maximum Gasteiger partial charge on any atom is 0.145 e. The highest BCUT2D eigenvalue weighted by atomic mass is 79.9. The van der Waals surface area contributed by atoms with Crippen LogP contribution in [0.3, 0.4) is 0 Å². The van der Waals surface area contributed by atoms with Crippen LogP contribution >= 0.6 is 15.9 Å². The summed E-state index contributed by atoms with van der Waals surface area (Å²) in [5, 5.41) is 6.88. The van der Waals surface area contributed by atoms with Crippen LogP contribution in [0.4, 0.5) is 5.82 Å². The Morgan fingerprint density at radius 3 is 2.72 bits per heavy atom. The van der Waals surface area contributed by atoms with Crippen molar-refractivity contribution in [3.05, 3.63) is 34.3 Å². The highest BCUT2D eigenvalue weighted by Crippen LogP contribution is 2.34. The molecule has 0 amide bonds. The number of rotatable bonds is 2. The quantitative estimate of drug-likeness (QED) is 0.896. The van der Waals surface area contributed by atoms with Gasteiger partial charge in [0.05, 0.1) is 5.69 Å². The zero-order chi connectivity index (χ0) is 12.7. The molecule has 3 rings (SSSR count). The van der Waals surface area contributed by atoms with Gasteiger partial charge in [-0.3, -0.25) is 5.10 Å². The van der Waals surface area contributed by atoms with Crippen LogP contribution in [0, 0.1) is 0 Å². The molecule has 2 heterocycles. The maximum absolute atomic E-state index is 5.62. The molecule has 1 aromatic heterocycles. The number of likely N-dealkylation sites (N-methyl/N-ethyl adjacent to an activating group) is 1. The van der Waals surface area contributed by atoms with Gasteiger partial charge in [0.15, 0.2) is 0 Å². The Balaban J connectivity index is 1.89. The van der Waals surface area contributed by atoms with Gasteiger partial charge in [0, 0.05) is 35.1 Å². The van der Waals surface area contributed by atoms with Gasteiger partial charge in [-0.2, -0.15) is 5.10 Å². The van der Waals surface area contributed by atoms with Crippen LogP contribution in [0.15, 0.2) is 28.7 Å². The maximum atomic E-state index is 5.62. The second-order valence-electron chi connectivity index (χ2n) is 4.86. The molecule has 5 heteroatoms. The van der Waals surface area contributed by atoms with E-state index in [-0.39, 0.29) is 0 Å². The van der Waals surface area contributed by atoms with Crippen LogP contribution < -0.4 is 5.73 Å². The summed E-state index contributed by atoms with van der Waals surface area (Å²) in [5.74, 6) is 1.16. The molecule has 0 atom stereocenters. The van der Waals surface area contributed by atoms with Crippen molar-refractivity contribution in [2.24, 2.45) is 0 Å². The number of aromatic amines is 1. The van der Waals surface area contributed by atoms with Gasteiger partial charge < -0.3 is 10.6 Å². The predicted octanol–water partition coefficient (Wildman–Crippen LogP) is 2.45. The van der Waals surface area contributed by atoms with E-state index in [9.17, 15) is 0 Å². The van der Waals surface area contributed by atoms with Gasteiger partial charge >= 0.3 is 0 Å². The second kappa shape index (κ2) is 4.40. The van der Waals surface area contributed by atoms with E-state index in [2.05, 4.69) is 56.3 Å². The molecule has 0 unspecified atom stereocenters. The smallest absolute Gasteiger partial charge is 0.145 e. The summed E-state index contributed by atoms with van der Waals surface area (Å²) in [5.41, 5.74) is 9.05. The lowest BCUT2D eigenvalue weighted by molar-refractivity contribution is 0.189. The molecule has 94 valence electrons. The molecule has 0 radical (unpaired) electrons. The summed E-state index contributed by atoms with van der Waals surface area (Å²) in [6.45, 7) is 2.27. The Morgan fingerprint density at radius 2 is 2.17 bits per heavy atom. The number of H-pyrrole nitrogens is 1. The average Bonchev–Trinajstić information content (AvgIpc) is 2.72. The number of halogens is 1. The van der Waals surface area contributed by atoms with Crippen molar-refractivity contribution in [2.75, 3.05) is 25.9 Å². The molecular formula is C13H15BrN4. The van der Waals surface area contributed by atoms with Crippen molar-refractivity contribution in [2.45, 2.75) is 5.92 Å². The molecule has 1 aromatic carbocycles. The zero-order valence-electron chi connectivity index (χ0n) is 10.2. The third-order valence-corrected chi connectivity index (χ3v) is 4.10. The molecule has 0 saturated carbocycles. The summed E-state index contributed by atoms with van der Waals surface area (Å²) in [7, 11) is 2.14. The number of likely N-dealkylation sites (tertiary alicyclic amines) is 1. The van der Waals surface area contributed by atoms with Crippen LogP contribution in [0.1, 0.15) is 11.5 Å². The monoisotopic (exact) mass is 306 g/mol. The first-order valence-corrected chi connectivity index (χ1v) is 6.72. The van der Waals surface area contributed by atoms with Crippen LogP contribution in [-0.2, 0) is 0 Å². The van der Waals surface area contributed by atoms with E-state index in [1.807, 2.05) is 6.07 Å². The third-order valence-electron chi connectivity index (χ3n) is 3.41. The number of nitrogens with zero attached hydrogens (tertiary/aromatic N) is 2. The van der Waals surface area contributed by atoms with Gasteiger partial charge in [0.2, 0.25) is 0 Å². The van der Waals surface area contributed by atoms with Crippen LogP contribution in [-0.4, -0.2) is 35.2 Å². The largest absolute Gasteiger partial charge is 0.382 e. The summed E-state index contributed by atoms with van der Waals surface area (Å²) >= 11 is 3.66. The standard InChI is InChI=1S/C13H15BrN4/c1-18-6-9(7-18)10-3-2-8(4-11(10)14)12-5-13(15)17-16-12/h2-5,9H,6-7H2,1H3,(H3,15,16,17).